The fraction of sp³-hybridized carbons (Fsp3) is 0.429. The minimum Gasteiger partial charge on any atom is -0.293 e. The van der Waals surface area contributed by atoms with Gasteiger partial charge in [-0.05, 0) is 43.0 Å². The van der Waals surface area contributed by atoms with Crippen LogP contribution in [0.4, 0.5) is 0 Å². The predicted molar refractivity (Wildman–Crippen MR) is 69.1 cm³/mol. The molecule has 0 N–H and O–H groups in total. The minimum atomic E-state index is -0.560. The molecule has 90 valence electrons. The second-order valence-electron chi connectivity index (χ2n) is 4.64. The maximum atomic E-state index is 12.1. The molecule has 0 bridgehead atoms. The van der Waals surface area contributed by atoms with E-state index in [1.807, 2.05) is 20.8 Å². The van der Waals surface area contributed by atoms with E-state index in [0.29, 0.717) is 22.9 Å². The molecule has 3 heteroatoms. The smallest absolute Gasteiger partial charge is 0.179 e. The fourth-order valence-electron chi connectivity index (χ4n) is 1.69. The highest BCUT2D eigenvalue weighted by Crippen LogP contribution is 2.21. The molecule has 0 amide bonds. The molecule has 0 spiro atoms. The first-order valence-electron chi connectivity index (χ1n) is 5.65. The summed E-state index contributed by atoms with van der Waals surface area (Å²) in [6.07, 6.45) is 0.594. The summed E-state index contributed by atoms with van der Waals surface area (Å²) in [4.78, 5) is 12.1. The Kier molecular flexibility index (Phi) is 4.72. The minimum absolute atomic E-state index is 0.110. The summed E-state index contributed by atoms with van der Waals surface area (Å²) < 4.78 is 0. The standard InChI is InChI=1S/C14H16ClNO/c1-9(2)6-12(8-16)14(17)11-4-5-13(15)10(3)7-11/h4-5,7,9,12H,6H2,1-3H3. The SMILES string of the molecule is Cc1cc(C(=O)C(C#N)CC(C)C)ccc1Cl. The lowest BCUT2D eigenvalue weighted by Gasteiger charge is -2.11. The molecule has 1 aromatic carbocycles. The number of nitriles is 1. The molecule has 0 heterocycles. The van der Waals surface area contributed by atoms with Crippen LogP contribution >= 0.6 is 11.6 Å². The van der Waals surface area contributed by atoms with E-state index in [4.69, 9.17) is 16.9 Å². The molecule has 0 fully saturated rings. The van der Waals surface area contributed by atoms with Gasteiger partial charge in [-0.25, -0.2) is 0 Å². The Balaban J connectivity index is 2.95. The van der Waals surface area contributed by atoms with Crippen molar-refractivity contribution >= 4 is 17.4 Å². The number of hydrogen-bond acceptors (Lipinski definition) is 2. The van der Waals surface area contributed by atoms with Gasteiger partial charge in [-0.2, -0.15) is 5.26 Å². The molecule has 17 heavy (non-hydrogen) atoms. The van der Waals surface area contributed by atoms with Gasteiger partial charge in [0, 0.05) is 10.6 Å². The van der Waals surface area contributed by atoms with Gasteiger partial charge in [-0.15, -0.1) is 0 Å². The van der Waals surface area contributed by atoms with Crippen LogP contribution in [0.25, 0.3) is 0 Å². The van der Waals surface area contributed by atoms with E-state index in [-0.39, 0.29) is 5.78 Å². The van der Waals surface area contributed by atoms with Crippen molar-refractivity contribution in [1.82, 2.24) is 0 Å². The van der Waals surface area contributed by atoms with Crippen molar-refractivity contribution in [3.05, 3.63) is 34.3 Å². The summed E-state index contributed by atoms with van der Waals surface area (Å²) in [6.45, 7) is 5.86. The molecule has 1 atom stereocenters. The van der Waals surface area contributed by atoms with Gasteiger partial charge in [-0.3, -0.25) is 4.79 Å². The van der Waals surface area contributed by atoms with Crippen LogP contribution < -0.4 is 0 Å². The van der Waals surface area contributed by atoms with Crippen LogP contribution in [0.2, 0.25) is 5.02 Å². The van der Waals surface area contributed by atoms with Gasteiger partial charge in [0.2, 0.25) is 0 Å². The molecule has 0 saturated carbocycles. The molecule has 0 aliphatic rings. The van der Waals surface area contributed by atoms with Gasteiger partial charge in [0.1, 0.15) is 5.92 Å². The number of carbonyl (C=O) groups excluding carboxylic acids is 1. The van der Waals surface area contributed by atoms with Crippen molar-refractivity contribution in [2.24, 2.45) is 11.8 Å². The molecule has 0 aliphatic heterocycles. The number of ketones is 1. The van der Waals surface area contributed by atoms with E-state index in [1.165, 1.54) is 0 Å². The second kappa shape index (κ2) is 5.84. The Morgan fingerprint density at radius 3 is 2.59 bits per heavy atom. The molecule has 0 radical (unpaired) electrons. The van der Waals surface area contributed by atoms with Crippen molar-refractivity contribution in [3.63, 3.8) is 0 Å². The number of rotatable bonds is 4. The summed E-state index contributed by atoms with van der Waals surface area (Å²) in [6, 6.07) is 7.21. The first-order valence-corrected chi connectivity index (χ1v) is 6.03. The number of Topliss-reactive ketones (excluding diaryl/α,β-unsaturated/α-hetero) is 1. The average Bonchev–Trinajstić information content (AvgIpc) is 2.28. The number of benzene rings is 1. The van der Waals surface area contributed by atoms with E-state index >= 15 is 0 Å². The molecule has 2 nitrogen and oxygen atoms in total. The summed E-state index contributed by atoms with van der Waals surface area (Å²) >= 11 is 5.91. The third kappa shape index (κ3) is 3.57. The van der Waals surface area contributed by atoms with Crippen LogP contribution in [-0.4, -0.2) is 5.78 Å². The summed E-state index contributed by atoms with van der Waals surface area (Å²) in [5.74, 6) is -0.339. The Labute approximate surface area is 107 Å². The average molecular weight is 250 g/mol. The lowest BCUT2D eigenvalue weighted by Crippen LogP contribution is -2.15. The largest absolute Gasteiger partial charge is 0.293 e. The summed E-state index contributed by atoms with van der Waals surface area (Å²) in [5.41, 5.74) is 1.43. The Hall–Kier alpha value is -1.33. The van der Waals surface area contributed by atoms with E-state index < -0.39 is 5.92 Å². The first kappa shape index (κ1) is 13.7. The van der Waals surface area contributed by atoms with Crippen LogP contribution in [0.1, 0.15) is 36.2 Å². The quantitative estimate of drug-likeness (QED) is 0.757. The summed E-state index contributed by atoms with van der Waals surface area (Å²) in [7, 11) is 0. The van der Waals surface area contributed by atoms with Gasteiger partial charge in [0.15, 0.2) is 5.78 Å². The maximum Gasteiger partial charge on any atom is 0.179 e. The molecule has 1 aromatic rings. The Morgan fingerprint density at radius 2 is 2.12 bits per heavy atom. The first-order chi connectivity index (χ1) is 7.95. The maximum absolute atomic E-state index is 12.1. The zero-order chi connectivity index (χ0) is 13.0. The van der Waals surface area contributed by atoms with Gasteiger partial charge >= 0.3 is 0 Å². The van der Waals surface area contributed by atoms with Crippen LogP contribution in [-0.2, 0) is 0 Å². The van der Waals surface area contributed by atoms with Crippen LogP contribution in [0.5, 0.6) is 0 Å². The topological polar surface area (TPSA) is 40.9 Å². The highest BCUT2D eigenvalue weighted by atomic mass is 35.5. The zero-order valence-corrected chi connectivity index (χ0v) is 11.1. The Bertz CT molecular complexity index is 460. The third-order valence-corrected chi connectivity index (χ3v) is 3.05. The molecule has 1 rings (SSSR count). The van der Waals surface area contributed by atoms with E-state index in [2.05, 4.69) is 6.07 Å². The van der Waals surface area contributed by atoms with Crippen LogP contribution in [0, 0.1) is 30.1 Å². The molecule has 0 aliphatic carbocycles. The highest BCUT2D eigenvalue weighted by Gasteiger charge is 2.21. The third-order valence-electron chi connectivity index (χ3n) is 2.62. The molecular formula is C14H16ClNO. The molecular weight excluding hydrogens is 234 g/mol. The fourth-order valence-corrected chi connectivity index (χ4v) is 1.81. The van der Waals surface area contributed by atoms with Crippen molar-refractivity contribution < 1.29 is 4.79 Å². The van der Waals surface area contributed by atoms with Gasteiger partial charge in [0.25, 0.3) is 0 Å². The van der Waals surface area contributed by atoms with Gasteiger partial charge < -0.3 is 0 Å². The highest BCUT2D eigenvalue weighted by molar-refractivity contribution is 6.31. The number of aryl methyl sites for hydroxylation is 1. The second-order valence-corrected chi connectivity index (χ2v) is 5.05. The van der Waals surface area contributed by atoms with Gasteiger partial charge in [-0.1, -0.05) is 25.4 Å². The Morgan fingerprint density at radius 1 is 1.47 bits per heavy atom. The predicted octanol–water partition coefficient (Wildman–Crippen LogP) is 4.02. The van der Waals surface area contributed by atoms with Crippen LogP contribution in [0.3, 0.4) is 0 Å². The molecule has 1 unspecified atom stereocenters. The van der Waals surface area contributed by atoms with Crippen molar-refractivity contribution in [2.45, 2.75) is 27.2 Å². The van der Waals surface area contributed by atoms with Crippen molar-refractivity contribution in [1.29, 1.82) is 5.26 Å². The summed E-state index contributed by atoms with van der Waals surface area (Å²) in [5, 5.41) is 9.67. The number of halogens is 1. The van der Waals surface area contributed by atoms with Crippen LogP contribution in [0.15, 0.2) is 18.2 Å². The van der Waals surface area contributed by atoms with Crippen molar-refractivity contribution in [3.8, 4) is 6.07 Å². The lowest BCUT2D eigenvalue weighted by atomic mass is 9.90. The van der Waals surface area contributed by atoms with Gasteiger partial charge in [0.05, 0.1) is 6.07 Å². The number of hydrogen-bond donors (Lipinski definition) is 0. The van der Waals surface area contributed by atoms with E-state index in [9.17, 15) is 4.79 Å². The normalized spacial score (nSPS) is 12.2. The lowest BCUT2D eigenvalue weighted by molar-refractivity contribution is 0.0937. The number of nitrogens with zero attached hydrogens (tertiary/aromatic N) is 1. The van der Waals surface area contributed by atoms with E-state index in [0.717, 1.165) is 5.56 Å². The zero-order valence-electron chi connectivity index (χ0n) is 10.3. The van der Waals surface area contributed by atoms with Crippen molar-refractivity contribution in [2.75, 3.05) is 0 Å². The molecule has 0 aromatic heterocycles. The van der Waals surface area contributed by atoms with E-state index in [1.54, 1.807) is 18.2 Å². The number of carbonyl (C=O) groups is 1. The molecule has 0 saturated heterocycles. The monoisotopic (exact) mass is 249 g/mol.